The Morgan fingerprint density at radius 2 is 1.58 bits per heavy atom. The molecule has 2 aromatic carbocycles. The first-order valence-electron chi connectivity index (χ1n) is 7.64. The van der Waals surface area contributed by atoms with Gasteiger partial charge in [0, 0.05) is 18.3 Å². The highest BCUT2D eigenvalue weighted by Crippen LogP contribution is 2.33. The number of amides is 2. The van der Waals surface area contributed by atoms with Gasteiger partial charge in [-0.1, -0.05) is 12.1 Å². The van der Waals surface area contributed by atoms with Gasteiger partial charge in [-0.2, -0.15) is 0 Å². The van der Waals surface area contributed by atoms with Crippen LogP contribution in [0.25, 0.3) is 0 Å². The molecule has 2 aromatic rings. The average Bonchev–Trinajstić information content (AvgIpc) is 2.61. The summed E-state index contributed by atoms with van der Waals surface area (Å²) in [4.78, 5) is 24.0. The van der Waals surface area contributed by atoms with E-state index in [-0.39, 0.29) is 11.8 Å². The standard InChI is InChI=1S/C18H18N2O4/c1-11-16(24-15-6-4-3-5-14(15)23-11)18(22)20-13-9-7-12(8-10-13)17(21)19-2/h3-11,16H,1-2H3,(H,19,21)(H,20,22)/t11-,16-/m0/s1. The Morgan fingerprint density at radius 1 is 0.958 bits per heavy atom. The van der Waals surface area contributed by atoms with Gasteiger partial charge >= 0.3 is 0 Å². The van der Waals surface area contributed by atoms with Crippen molar-refractivity contribution >= 4 is 17.5 Å². The minimum atomic E-state index is -0.751. The molecule has 0 radical (unpaired) electrons. The lowest BCUT2D eigenvalue weighted by Gasteiger charge is -2.31. The molecule has 0 aromatic heterocycles. The van der Waals surface area contributed by atoms with Gasteiger partial charge in [-0.25, -0.2) is 0 Å². The first kappa shape index (κ1) is 15.9. The molecule has 0 bridgehead atoms. The third kappa shape index (κ3) is 3.17. The van der Waals surface area contributed by atoms with Crippen LogP contribution in [-0.2, 0) is 4.79 Å². The predicted octanol–water partition coefficient (Wildman–Crippen LogP) is 2.21. The van der Waals surface area contributed by atoms with Crippen molar-refractivity contribution in [1.29, 1.82) is 0 Å². The number of fused-ring (bicyclic) bond motifs is 1. The van der Waals surface area contributed by atoms with Crippen molar-refractivity contribution < 1.29 is 19.1 Å². The zero-order valence-electron chi connectivity index (χ0n) is 13.4. The minimum Gasteiger partial charge on any atom is -0.482 e. The summed E-state index contributed by atoms with van der Waals surface area (Å²) in [5.74, 6) is 0.696. The average molecular weight is 326 g/mol. The molecule has 0 spiro atoms. The fourth-order valence-electron chi connectivity index (χ4n) is 2.47. The highest BCUT2D eigenvalue weighted by atomic mass is 16.6. The van der Waals surface area contributed by atoms with Crippen molar-refractivity contribution in [2.24, 2.45) is 0 Å². The van der Waals surface area contributed by atoms with Crippen LogP contribution in [0, 0.1) is 0 Å². The molecule has 2 atom stereocenters. The van der Waals surface area contributed by atoms with E-state index in [1.807, 2.05) is 12.1 Å². The van der Waals surface area contributed by atoms with E-state index in [0.717, 1.165) is 0 Å². The summed E-state index contributed by atoms with van der Waals surface area (Å²) < 4.78 is 11.5. The Balaban J connectivity index is 1.70. The van der Waals surface area contributed by atoms with Crippen LogP contribution in [0.15, 0.2) is 48.5 Å². The number of nitrogens with one attached hydrogen (secondary N) is 2. The van der Waals surface area contributed by atoms with Crippen LogP contribution in [-0.4, -0.2) is 31.1 Å². The molecule has 3 rings (SSSR count). The maximum atomic E-state index is 12.5. The molecule has 1 heterocycles. The molecule has 0 saturated heterocycles. The lowest BCUT2D eigenvalue weighted by Crippen LogP contribution is -2.46. The normalized spacial score (nSPS) is 18.6. The number of rotatable bonds is 3. The van der Waals surface area contributed by atoms with Crippen LogP contribution < -0.4 is 20.1 Å². The van der Waals surface area contributed by atoms with Gasteiger partial charge in [0.25, 0.3) is 11.8 Å². The monoisotopic (exact) mass is 326 g/mol. The molecule has 0 unspecified atom stereocenters. The van der Waals surface area contributed by atoms with Gasteiger partial charge in [0.15, 0.2) is 11.5 Å². The topological polar surface area (TPSA) is 76.7 Å². The summed E-state index contributed by atoms with van der Waals surface area (Å²) in [7, 11) is 1.57. The summed E-state index contributed by atoms with van der Waals surface area (Å²) in [6, 6.07) is 13.9. The lowest BCUT2D eigenvalue weighted by atomic mass is 10.1. The number of anilines is 1. The maximum absolute atomic E-state index is 12.5. The van der Waals surface area contributed by atoms with Crippen LogP contribution in [0.5, 0.6) is 11.5 Å². The highest BCUT2D eigenvalue weighted by Gasteiger charge is 2.34. The zero-order valence-corrected chi connectivity index (χ0v) is 13.4. The SMILES string of the molecule is CNC(=O)c1ccc(NC(=O)[C@H]2Oc3ccccc3O[C@H]2C)cc1. The van der Waals surface area contributed by atoms with Crippen LogP contribution in [0.1, 0.15) is 17.3 Å². The molecule has 24 heavy (non-hydrogen) atoms. The van der Waals surface area contributed by atoms with Crippen LogP contribution >= 0.6 is 0 Å². The first-order chi connectivity index (χ1) is 11.6. The second kappa shape index (κ2) is 6.62. The van der Waals surface area contributed by atoms with Gasteiger partial charge in [-0.15, -0.1) is 0 Å². The van der Waals surface area contributed by atoms with Gasteiger partial charge in [0.05, 0.1) is 0 Å². The van der Waals surface area contributed by atoms with Crippen molar-refractivity contribution in [1.82, 2.24) is 5.32 Å². The summed E-state index contributed by atoms with van der Waals surface area (Å²) in [5.41, 5.74) is 1.11. The number of carbonyl (C=O) groups is 2. The van der Waals surface area contributed by atoms with Crippen LogP contribution in [0.2, 0.25) is 0 Å². The molecule has 2 amide bonds. The fraction of sp³-hybridized carbons (Fsp3) is 0.222. The minimum absolute atomic E-state index is 0.179. The van der Waals surface area contributed by atoms with Crippen LogP contribution in [0.4, 0.5) is 5.69 Å². The van der Waals surface area contributed by atoms with E-state index < -0.39 is 12.2 Å². The van der Waals surface area contributed by atoms with E-state index in [1.54, 1.807) is 50.4 Å². The quantitative estimate of drug-likeness (QED) is 0.907. The predicted molar refractivity (Wildman–Crippen MR) is 89.4 cm³/mol. The fourth-order valence-corrected chi connectivity index (χ4v) is 2.47. The molecule has 0 fully saturated rings. The molecule has 1 aliphatic rings. The van der Waals surface area contributed by atoms with Crippen molar-refractivity contribution in [2.45, 2.75) is 19.1 Å². The zero-order chi connectivity index (χ0) is 17.1. The van der Waals surface area contributed by atoms with Gasteiger partial charge in [0.2, 0.25) is 6.10 Å². The number of hydrogen-bond acceptors (Lipinski definition) is 4. The van der Waals surface area contributed by atoms with E-state index in [9.17, 15) is 9.59 Å². The second-order valence-electron chi connectivity index (χ2n) is 5.45. The Kier molecular flexibility index (Phi) is 4.37. The van der Waals surface area contributed by atoms with Crippen molar-refractivity contribution in [3.63, 3.8) is 0 Å². The largest absolute Gasteiger partial charge is 0.482 e. The Hall–Kier alpha value is -3.02. The van der Waals surface area contributed by atoms with E-state index in [0.29, 0.717) is 22.7 Å². The van der Waals surface area contributed by atoms with Crippen molar-refractivity contribution in [3.8, 4) is 11.5 Å². The molecule has 6 heteroatoms. The summed E-state index contributed by atoms with van der Waals surface area (Å²) in [5, 5.41) is 5.33. The maximum Gasteiger partial charge on any atom is 0.269 e. The number of hydrogen-bond donors (Lipinski definition) is 2. The Morgan fingerprint density at radius 3 is 2.21 bits per heavy atom. The molecule has 0 aliphatic carbocycles. The smallest absolute Gasteiger partial charge is 0.269 e. The Bertz CT molecular complexity index is 758. The molecule has 124 valence electrons. The van der Waals surface area contributed by atoms with E-state index in [1.165, 1.54) is 0 Å². The van der Waals surface area contributed by atoms with Crippen LogP contribution in [0.3, 0.4) is 0 Å². The van der Waals surface area contributed by atoms with Crippen molar-refractivity contribution in [2.75, 3.05) is 12.4 Å². The number of benzene rings is 2. The molecular weight excluding hydrogens is 308 g/mol. The molecule has 6 nitrogen and oxygen atoms in total. The molecule has 1 aliphatic heterocycles. The van der Waals surface area contributed by atoms with Crippen molar-refractivity contribution in [3.05, 3.63) is 54.1 Å². The number of para-hydroxylation sites is 2. The second-order valence-corrected chi connectivity index (χ2v) is 5.45. The van der Waals surface area contributed by atoms with Gasteiger partial charge in [-0.3, -0.25) is 9.59 Å². The summed E-state index contributed by atoms with van der Waals surface area (Å²) in [6.45, 7) is 1.79. The lowest BCUT2D eigenvalue weighted by molar-refractivity contribution is -0.128. The number of ether oxygens (including phenoxy) is 2. The Labute approximate surface area is 139 Å². The highest BCUT2D eigenvalue weighted by molar-refractivity contribution is 5.97. The first-order valence-corrected chi connectivity index (χ1v) is 7.64. The number of carbonyl (C=O) groups excluding carboxylic acids is 2. The third-order valence-corrected chi connectivity index (χ3v) is 3.74. The van der Waals surface area contributed by atoms with Gasteiger partial charge in [0.1, 0.15) is 6.10 Å². The molecular formula is C18H18N2O4. The summed E-state index contributed by atoms with van der Waals surface area (Å²) >= 11 is 0. The summed E-state index contributed by atoms with van der Waals surface area (Å²) in [6.07, 6.45) is -1.16. The van der Waals surface area contributed by atoms with Gasteiger partial charge < -0.3 is 20.1 Å². The third-order valence-electron chi connectivity index (χ3n) is 3.74. The van der Waals surface area contributed by atoms with Gasteiger partial charge in [-0.05, 0) is 43.3 Å². The molecule has 2 N–H and O–H groups in total. The molecule has 0 saturated carbocycles. The van der Waals surface area contributed by atoms with E-state index >= 15 is 0 Å². The van der Waals surface area contributed by atoms with E-state index in [2.05, 4.69) is 10.6 Å². The van der Waals surface area contributed by atoms with E-state index in [4.69, 9.17) is 9.47 Å².